The average molecular weight is 569 g/mol. The van der Waals surface area contributed by atoms with Crippen molar-refractivity contribution in [3.05, 3.63) is 47.0 Å². The van der Waals surface area contributed by atoms with Gasteiger partial charge in [-0.1, -0.05) is 0 Å². The van der Waals surface area contributed by atoms with Crippen LogP contribution in [0.4, 0.5) is 8.78 Å². The molecule has 0 aliphatic heterocycles. The molecule has 214 valence electrons. The van der Waals surface area contributed by atoms with Crippen molar-refractivity contribution >= 4 is 11.3 Å². The van der Waals surface area contributed by atoms with E-state index in [0.717, 1.165) is 11.1 Å². The molecular formula is C28H34F2O8S. The van der Waals surface area contributed by atoms with E-state index in [1.165, 1.54) is 64.0 Å². The van der Waals surface area contributed by atoms with Crippen molar-refractivity contribution in [1.29, 1.82) is 0 Å². The Hall–Kier alpha value is -2.96. The van der Waals surface area contributed by atoms with E-state index >= 15 is 0 Å². The van der Waals surface area contributed by atoms with Crippen LogP contribution in [0.5, 0.6) is 23.0 Å². The minimum atomic E-state index is -0.507. The standard InChI is InChI=1S/C28H34F2O8S/c1-31-7-9-37-15-19-20(16-38-10-8-32-2)28(26-23(35-5)13-18(30)14-24(26)36-6)39-27(19)25-21(33-3)11-17(29)12-22(25)34-4/h11-14H,7-10,15-16H2,1-6H3. The molecule has 0 aliphatic carbocycles. The van der Waals surface area contributed by atoms with Crippen molar-refractivity contribution in [3.63, 3.8) is 0 Å². The molecule has 11 heteroatoms. The van der Waals surface area contributed by atoms with Crippen molar-refractivity contribution in [3.8, 4) is 43.9 Å². The van der Waals surface area contributed by atoms with Gasteiger partial charge in [-0.05, 0) is 0 Å². The van der Waals surface area contributed by atoms with E-state index in [1.807, 2.05) is 0 Å². The summed E-state index contributed by atoms with van der Waals surface area (Å²) in [7, 11) is 9.02. The SMILES string of the molecule is COCCOCc1c(-c2c(OC)cc(F)cc2OC)sc(-c2c(OC)cc(F)cc2OC)c1COCCOC. The molecule has 0 saturated heterocycles. The highest BCUT2D eigenvalue weighted by Crippen LogP contribution is 2.52. The number of benzene rings is 2. The van der Waals surface area contributed by atoms with Crippen molar-refractivity contribution in [2.24, 2.45) is 0 Å². The minimum absolute atomic E-state index is 0.174. The minimum Gasteiger partial charge on any atom is -0.496 e. The van der Waals surface area contributed by atoms with Crippen LogP contribution < -0.4 is 18.9 Å². The third kappa shape index (κ3) is 7.17. The van der Waals surface area contributed by atoms with Crippen molar-refractivity contribution in [2.75, 3.05) is 69.1 Å². The van der Waals surface area contributed by atoms with Crippen molar-refractivity contribution in [2.45, 2.75) is 13.2 Å². The maximum Gasteiger partial charge on any atom is 0.134 e. The van der Waals surface area contributed by atoms with Gasteiger partial charge in [0.05, 0.1) is 79.2 Å². The summed E-state index contributed by atoms with van der Waals surface area (Å²) in [5.41, 5.74) is 2.61. The zero-order valence-electron chi connectivity index (χ0n) is 23.0. The highest BCUT2D eigenvalue weighted by atomic mass is 32.1. The summed E-state index contributed by atoms with van der Waals surface area (Å²) in [5, 5.41) is 0. The lowest BCUT2D eigenvalue weighted by atomic mass is 10.00. The molecule has 3 aromatic rings. The Balaban J connectivity index is 2.36. The van der Waals surface area contributed by atoms with E-state index in [9.17, 15) is 8.78 Å². The van der Waals surface area contributed by atoms with E-state index in [4.69, 9.17) is 37.9 Å². The molecule has 0 saturated carbocycles. The molecule has 0 amide bonds. The molecule has 39 heavy (non-hydrogen) atoms. The quantitative estimate of drug-likeness (QED) is 0.203. The number of thiophene rings is 1. The van der Waals surface area contributed by atoms with Crippen LogP contribution in [0.3, 0.4) is 0 Å². The molecule has 0 unspecified atom stereocenters. The van der Waals surface area contributed by atoms with Gasteiger partial charge in [-0.3, -0.25) is 0 Å². The van der Waals surface area contributed by atoms with E-state index in [1.54, 1.807) is 14.2 Å². The molecule has 0 N–H and O–H groups in total. The van der Waals surface area contributed by atoms with Gasteiger partial charge >= 0.3 is 0 Å². The van der Waals surface area contributed by atoms with Gasteiger partial charge in [-0.25, -0.2) is 8.78 Å². The van der Waals surface area contributed by atoms with Gasteiger partial charge in [0.25, 0.3) is 0 Å². The van der Waals surface area contributed by atoms with Crippen LogP contribution in [0.2, 0.25) is 0 Å². The van der Waals surface area contributed by atoms with Crippen LogP contribution >= 0.6 is 11.3 Å². The molecule has 3 rings (SSSR count). The second-order valence-corrected chi connectivity index (χ2v) is 9.20. The Bertz CT molecular complexity index is 1090. The lowest BCUT2D eigenvalue weighted by molar-refractivity contribution is 0.0539. The zero-order valence-corrected chi connectivity index (χ0v) is 23.8. The monoisotopic (exact) mass is 568 g/mol. The lowest BCUT2D eigenvalue weighted by Gasteiger charge is -2.16. The molecule has 0 spiro atoms. The number of hydrogen-bond acceptors (Lipinski definition) is 9. The Morgan fingerprint density at radius 1 is 0.538 bits per heavy atom. The fraction of sp³-hybridized carbons (Fsp3) is 0.429. The Morgan fingerprint density at radius 2 is 0.872 bits per heavy atom. The second-order valence-electron chi connectivity index (χ2n) is 8.18. The largest absolute Gasteiger partial charge is 0.496 e. The summed E-state index contributed by atoms with van der Waals surface area (Å²) in [5.74, 6) is 0.106. The molecule has 2 aromatic carbocycles. The van der Waals surface area contributed by atoms with Gasteiger partial charge in [-0.2, -0.15) is 0 Å². The molecule has 1 heterocycles. The average Bonchev–Trinajstić information content (AvgIpc) is 3.29. The summed E-state index contributed by atoms with van der Waals surface area (Å²) >= 11 is 1.36. The van der Waals surface area contributed by atoms with Gasteiger partial charge in [0.15, 0.2) is 0 Å². The molecule has 1 aromatic heterocycles. The van der Waals surface area contributed by atoms with Gasteiger partial charge in [0, 0.05) is 59.4 Å². The van der Waals surface area contributed by atoms with Crippen LogP contribution in [0.25, 0.3) is 20.9 Å². The topological polar surface area (TPSA) is 73.8 Å². The molecule has 0 aliphatic rings. The third-order valence-electron chi connectivity index (χ3n) is 5.87. The number of rotatable bonds is 16. The van der Waals surface area contributed by atoms with Crippen LogP contribution in [-0.4, -0.2) is 69.1 Å². The molecule has 0 radical (unpaired) electrons. The predicted octanol–water partition coefficient (Wildman–Crippen LogP) is 5.72. The van der Waals surface area contributed by atoms with Crippen LogP contribution in [-0.2, 0) is 32.2 Å². The zero-order chi connectivity index (χ0) is 28.4. The van der Waals surface area contributed by atoms with E-state index in [-0.39, 0.29) is 36.2 Å². The van der Waals surface area contributed by atoms with Crippen molar-refractivity contribution in [1.82, 2.24) is 0 Å². The first-order chi connectivity index (χ1) is 18.9. The Labute approximate surface area is 231 Å². The predicted molar refractivity (Wildman–Crippen MR) is 144 cm³/mol. The van der Waals surface area contributed by atoms with Crippen LogP contribution in [0.1, 0.15) is 11.1 Å². The van der Waals surface area contributed by atoms with Crippen LogP contribution in [0.15, 0.2) is 24.3 Å². The highest BCUT2D eigenvalue weighted by molar-refractivity contribution is 7.19. The maximum atomic E-state index is 14.4. The highest BCUT2D eigenvalue weighted by Gasteiger charge is 2.29. The lowest BCUT2D eigenvalue weighted by Crippen LogP contribution is -2.07. The smallest absolute Gasteiger partial charge is 0.134 e. The first kappa shape index (κ1) is 30.6. The van der Waals surface area contributed by atoms with Gasteiger partial charge in [-0.15, -0.1) is 11.3 Å². The Morgan fingerprint density at radius 3 is 1.15 bits per heavy atom. The van der Waals surface area contributed by atoms with Crippen LogP contribution in [0, 0.1) is 11.6 Å². The number of halogens is 2. The summed E-state index contributed by atoms with van der Waals surface area (Å²) in [6, 6.07) is 5.17. The first-order valence-corrected chi connectivity index (χ1v) is 12.9. The van der Waals surface area contributed by atoms with Crippen molar-refractivity contribution < 1.29 is 46.7 Å². The maximum absolute atomic E-state index is 14.4. The normalized spacial score (nSPS) is 11.1. The summed E-state index contributed by atoms with van der Waals surface area (Å²) in [6.45, 7) is 1.82. The van der Waals surface area contributed by atoms with Gasteiger partial charge < -0.3 is 37.9 Å². The molecule has 0 bridgehead atoms. The molecular weight excluding hydrogens is 534 g/mol. The number of ether oxygens (including phenoxy) is 8. The molecule has 8 nitrogen and oxygen atoms in total. The molecule has 0 atom stereocenters. The first-order valence-electron chi connectivity index (χ1n) is 12.1. The van der Waals surface area contributed by atoms with Gasteiger partial charge in [0.1, 0.15) is 34.6 Å². The van der Waals surface area contributed by atoms with Gasteiger partial charge in [0.2, 0.25) is 0 Å². The Kier molecular flexibility index (Phi) is 11.8. The number of methoxy groups -OCH3 is 6. The summed E-state index contributed by atoms with van der Waals surface area (Å²) in [6.07, 6.45) is 0. The third-order valence-corrected chi connectivity index (χ3v) is 7.18. The fourth-order valence-corrected chi connectivity index (χ4v) is 5.47. The second kappa shape index (κ2) is 15.0. The fourth-order valence-electron chi connectivity index (χ4n) is 4.05. The van der Waals surface area contributed by atoms with E-state index < -0.39 is 11.6 Å². The van der Waals surface area contributed by atoms with E-state index in [0.29, 0.717) is 47.3 Å². The summed E-state index contributed by atoms with van der Waals surface area (Å²) in [4.78, 5) is 1.41. The molecule has 0 fully saturated rings. The number of hydrogen-bond donors (Lipinski definition) is 0. The summed E-state index contributed by atoms with van der Waals surface area (Å²) < 4.78 is 73.3. The van der Waals surface area contributed by atoms with E-state index in [2.05, 4.69) is 0 Å².